The minimum absolute atomic E-state index is 0.144. The van der Waals surface area contributed by atoms with Crippen molar-refractivity contribution in [3.63, 3.8) is 0 Å². The number of nitrogens with one attached hydrogen (secondary N) is 3. The Morgan fingerprint density at radius 3 is 1.10 bits per heavy atom. The number of pyridine rings is 6. The maximum Gasteiger partial charge on any atom is 0.259 e. The average molecular weight is 1230 g/mol. The number of nitrogens with zero attached hydrogens (tertiary/aromatic N) is 5. The SMILES string of the molecule is CC.CC.CC.CC.CC.CC.COc1nccc2cc(Cc3ccccc3)nc(Cl)c12.COc1nccc2cc(Cc3ccccc3)nc(Nc3ccccc3)c12.Nc1ccccc1.O=c1[nH]ccc2cc(Cc3ccccc3)nc(Nc3ccccc3)c12. The summed E-state index contributed by atoms with van der Waals surface area (Å²) in [6, 6.07) is 71.9. The van der Waals surface area contributed by atoms with Crippen LogP contribution >= 0.6 is 11.6 Å². The van der Waals surface area contributed by atoms with Gasteiger partial charge in [-0.25, -0.2) is 24.9 Å². The molecule has 0 aliphatic rings. The van der Waals surface area contributed by atoms with Gasteiger partial charge in [0, 0.05) is 72.0 Å². The largest absolute Gasteiger partial charge is 0.480 e. The lowest BCUT2D eigenvalue weighted by Crippen LogP contribution is -2.10. The Balaban J connectivity index is 0.000000311. The number of ether oxygens (including phenoxy) is 2. The Kier molecular flexibility index (Phi) is 36.1. The molecule has 90 heavy (non-hydrogen) atoms. The number of aromatic amines is 1. The second-order valence-electron chi connectivity index (χ2n) is 17.8. The highest BCUT2D eigenvalue weighted by Gasteiger charge is 2.15. The summed E-state index contributed by atoms with van der Waals surface area (Å²) >= 11 is 6.28. The minimum atomic E-state index is -0.144. The molecule has 6 heterocycles. The molecule has 13 heteroatoms. The molecule has 0 fully saturated rings. The molecule has 0 amide bonds. The summed E-state index contributed by atoms with van der Waals surface area (Å²) in [6.07, 6.45) is 7.38. The number of rotatable bonds is 12. The maximum absolute atomic E-state index is 12.3. The summed E-state index contributed by atoms with van der Waals surface area (Å²) in [7, 11) is 3.21. The number of para-hydroxylation sites is 3. The van der Waals surface area contributed by atoms with Gasteiger partial charge in [-0.1, -0.05) is 240 Å². The van der Waals surface area contributed by atoms with Crippen molar-refractivity contribution in [2.75, 3.05) is 30.6 Å². The highest BCUT2D eigenvalue weighted by molar-refractivity contribution is 6.34. The summed E-state index contributed by atoms with van der Waals surface area (Å²) < 4.78 is 10.7. The number of aromatic nitrogens is 6. The summed E-state index contributed by atoms with van der Waals surface area (Å²) in [6.45, 7) is 24.0. The molecule has 0 spiro atoms. The van der Waals surface area contributed by atoms with Gasteiger partial charge in [0.2, 0.25) is 11.8 Å². The van der Waals surface area contributed by atoms with Crippen LogP contribution in [0.4, 0.5) is 28.7 Å². The third kappa shape index (κ3) is 23.6. The quantitative estimate of drug-likeness (QED) is 0.0679. The van der Waals surface area contributed by atoms with E-state index in [-0.39, 0.29) is 5.56 Å². The molecule has 0 saturated carbocycles. The normalized spacial score (nSPS) is 9.50. The van der Waals surface area contributed by atoms with Crippen LogP contribution in [0.15, 0.2) is 242 Å². The fourth-order valence-electron chi connectivity index (χ4n) is 8.62. The Morgan fingerprint density at radius 2 is 0.733 bits per heavy atom. The summed E-state index contributed by atoms with van der Waals surface area (Å²) in [5.74, 6) is 2.41. The van der Waals surface area contributed by atoms with Gasteiger partial charge in [0.05, 0.1) is 30.4 Å². The number of fused-ring (bicyclic) bond motifs is 3. The van der Waals surface area contributed by atoms with Gasteiger partial charge in [0.25, 0.3) is 5.56 Å². The van der Waals surface area contributed by atoms with Gasteiger partial charge in [-0.2, -0.15) is 0 Å². The van der Waals surface area contributed by atoms with Gasteiger partial charge in [0.1, 0.15) is 16.8 Å². The van der Waals surface area contributed by atoms with E-state index in [1.807, 2.05) is 259 Å². The number of halogens is 1. The van der Waals surface area contributed by atoms with Crippen LogP contribution in [-0.2, 0) is 19.3 Å². The van der Waals surface area contributed by atoms with Crippen LogP contribution in [0.1, 0.15) is 117 Å². The molecule has 6 aromatic heterocycles. The van der Waals surface area contributed by atoms with Gasteiger partial charge in [-0.15, -0.1) is 0 Å². The number of anilines is 5. The number of benzene rings is 6. The molecule has 5 N–H and O–H groups in total. The Morgan fingerprint density at radius 1 is 0.411 bits per heavy atom. The number of H-pyrrole nitrogens is 1. The van der Waals surface area contributed by atoms with Crippen molar-refractivity contribution >= 4 is 72.6 Å². The molecule has 0 saturated heterocycles. The summed E-state index contributed by atoms with van der Waals surface area (Å²) in [4.78, 5) is 37.6. The van der Waals surface area contributed by atoms with Gasteiger partial charge >= 0.3 is 0 Å². The number of nitrogen functional groups attached to an aromatic ring is 1. The van der Waals surface area contributed by atoms with Crippen molar-refractivity contribution in [2.24, 2.45) is 0 Å². The third-order valence-corrected chi connectivity index (χ3v) is 12.5. The van der Waals surface area contributed by atoms with E-state index in [2.05, 4.69) is 73.0 Å². The number of nitrogens with two attached hydrogens (primary N) is 1. The smallest absolute Gasteiger partial charge is 0.259 e. The molecule has 0 unspecified atom stereocenters. The lowest BCUT2D eigenvalue weighted by molar-refractivity contribution is 0.403. The van der Waals surface area contributed by atoms with E-state index in [1.165, 1.54) is 16.7 Å². The number of hydrogen-bond acceptors (Lipinski definition) is 11. The maximum atomic E-state index is 12.3. The second-order valence-corrected chi connectivity index (χ2v) is 18.2. The van der Waals surface area contributed by atoms with E-state index < -0.39 is 0 Å². The molecular formula is C77H92ClN9O3. The van der Waals surface area contributed by atoms with E-state index >= 15 is 0 Å². The van der Waals surface area contributed by atoms with Crippen molar-refractivity contribution < 1.29 is 9.47 Å². The molecule has 6 aromatic carbocycles. The lowest BCUT2D eigenvalue weighted by Gasteiger charge is -2.13. The van der Waals surface area contributed by atoms with Crippen molar-refractivity contribution in [1.29, 1.82) is 0 Å². The fourth-order valence-corrected chi connectivity index (χ4v) is 8.92. The van der Waals surface area contributed by atoms with Crippen molar-refractivity contribution in [2.45, 2.75) is 102 Å². The standard InChI is InChI=1S/C22H19N3O.C21H17N3O.C16H13ClN2O.C6H7N.6C2H6/c1-26-22-20-17(12-13-23-22)15-19(14-16-8-4-2-5-9-16)25-21(20)24-18-10-6-3-7-11-18;25-21-19-16(11-12-22-21)14-18(13-15-7-3-1-4-8-15)24-20(19)23-17-9-5-2-6-10-17;1-20-16-14-12(7-8-18-16)10-13(19-15(14)17)9-11-5-3-2-4-6-11;7-6-4-2-1-3-5-6;6*1-2/h2-13,15H,14H2,1H3,(H,24,25);1-12,14H,13H2,(H,22,25)(H,23,24);2-8,10H,9H2,1H3;1-5H,7H2;6*1-2H3. The van der Waals surface area contributed by atoms with Crippen LogP contribution in [-0.4, -0.2) is 44.1 Å². The topological polar surface area (TPSA) is 166 Å². The molecule has 0 bridgehead atoms. The third-order valence-electron chi connectivity index (χ3n) is 12.2. The molecule has 0 radical (unpaired) electrons. The second kappa shape index (κ2) is 43.7. The fraction of sp³-hybridized carbons (Fsp3) is 0.221. The average Bonchev–Trinajstić information content (AvgIpc) is 0.869. The first-order valence-corrected chi connectivity index (χ1v) is 31.6. The van der Waals surface area contributed by atoms with Crippen LogP contribution < -0.4 is 31.4 Å². The summed E-state index contributed by atoms with van der Waals surface area (Å²) in [5, 5.41) is 12.3. The van der Waals surface area contributed by atoms with E-state index in [1.54, 1.807) is 32.8 Å². The van der Waals surface area contributed by atoms with E-state index in [0.717, 1.165) is 79.7 Å². The molecule has 0 aliphatic heterocycles. The zero-order chi connectivity index (χ0) is 65.9. The first-order valence-electron chi connectivity index (χ1n) is 31.2. The van der Waals surface area contributed by atoms with E-state index in [0.29, 0.717) is 34.5 Å². The molecule has 0 atom stereocenters. The first kappa shape index (κ1) is 74.3. The number of methoxy groups -OCH3 is 2. The van der Waals surface area contributed by atoms with Crippen molar-refractivity contribution in [3.05, 3.63) is 286 Å². The van der Waals surface area contributed by atoms with Crippen molar-refractivity contribution in [3.8, 4) is 11.8 Å². The van der Waals surface area contributed by atoms with Crippen LogP contribution in [0.5, 0.6) is 11.8 Å². The predicted molar refractivity (Wildman–Crippen MR) is 386 cm³/mol. The van der Waals surface area contributed by atoms with Gasteiger partial charge in [-0.05, 0) is 106 Å². The van der Waals surface area contributed by atoms with Gasteiger partial charge in [0.15, 0.2) is 0 Å². The zero-order valence-electron chi connectivity index (χ0n) is 55.1. The van der Waals surface area contributed by atoms with Crippen LogP contribution in [0, 0.1) is 0 Å². The molecular weight excluding hydrogens is 1130 g/mol. The van der Waals surface area contributed by atoms with Crippen LogP contribution in [0.25, 0.3) is 32.3 Å². The van der Waals surface area contributed by atoms with E-state index in [9.17, 15) is 4.79 Å². The summed E-state index contributed by atoms with van der Waals surface area (Å²) in [5.41, 5.74) is 14.4. The number of hydrogen-bond donors (Lipinski definition) is 4. The van der Waals surface area contributed by atoms with Crippen LogP contribution in [0.3, 0.4) is 0 Å². The molecule has 470 valence electrons. The highest BCUT2D eigenvalue weighted by Crippen LogP contribution is 2.33. The van der Waals surface area contributed by atoms with E-state index in [4.69, 9.17) is 36.8 Å². The molecule has 12 rings (SSSR count). The Bertz CT molecular complexity index is 3900. The lowest BCUT2D eigenvalue weighted by atomic mass is 10.1. The van der Waals surface area contributed by atoms with Crippen LogP contribution in [0.2, 0.25) is 5.15 Å². The Hall–Kier alpha value is -9.91. The Labute approximate surface area is 540 Å². The molecule has 0 aliphatic carbocycles. The molecule has 12 aromatic rings. The zero-order valence-corrected chi connectivity index (χ0v) is 55.8. The van der Waals surface area contributed by atoms with Gasteiger partial charge < -0.3 is 30.8 Å². The first-order chi connectivity index (χ1) is 44.3. The minimum Gasteiger partial charge on any atom is -0.480 e. The van der Waals surface area contributed by atoms with Gasteiger partial charge in [-0.3, -0.25) is 4.79 Å². The van der Waals surface area contributed by atoms with Crippen molar-refractivity contribution in [1.82, 2.24) is 29.9 Å². The molecule has 12 nitrogen and oxygen atoms in total. The monoisotopic (exact) mass is 1230 g/mol. The predicted octanol–water partition coefficient (Wildman–Crippen LogP) is 20.5. The highest BCUT2D eigenvalue weighted by atomic mass is 35.5.